The van der Waals surface area contributed by atoms with Gasteiger partial charge in [0, 0.05) is 24.5 Å². The fourth-order valence-corrected chi connectivity index (χ4v) is 6.41. The van der Waals surface area contributed by atoms with Crippen LogP contribution >= 0.6 is 0 Å². The van der Waals surface area contributed by atoms with Crippen molar-refractivity contribution in [1.29, 1.82) is 0 Å². The molecule has 0 N–H and O–H groups in total. The van der Waals surface area contributed by atoms with E-state index in [1.807, 2.05) is 6.20 Å². The van der Waals surface area contributed by atoms with Crippen LogP contribution in [0.2, 0.25) is 0 Å². The van der Waals surface area contributed by atoms with Gasteiger partial charge < -0.3 is 4.57 Å². The highest BCUT2D eigenvalue weighted by molar-refractivity contribution is 6.54. The molecule has 0 saturated carbocycles. The lowest BCUT2D eigenvalue weighted by Crippen LogP contribution is -2.32. The maximum atomic E-state index is 4.72. The summed E-state index contributed by atoms with van der Waals surface area (Å²) in [5, 5.41) is 0. The average Bonchev–Trinajstić information content (AvgIpc) is 3.44. The molecule has 1 aromatic heterocycles. The van der Waals surface area contributed by atoms with Crippen LogP contribution in [0.4, 0.5) is 0 Å². The number of rotatable bonds is 12. The van der Waals surface area contributed by atoms with Gasteiger partial charge in [0.25, 0.3) is 0 Å². The van der Waals surface area contributed by atoms with E-state index in [0.717, 1.165) is 24.7 Å². The predicted octanol–water partition coefficient (Wildman–Crippen LogP) is 6.25. The van der Waals surface area contributed by atoms with Gasteiger partial charge in [-0.25, -0.2) is 0 Å². The third-order valence-corrected chi connectivity index (χ3v) is 8.52. The Hall–Kier alpha value is -3.89. The van der Waals surface area contributed by atoms with E-state index in [4.69, 9.17) is 4.98 Å². The first kappa shape index (κ1) is 25.7. The zero-order valence-corrected chi connectivity index (χ0v) is 23.2. The van der Waals surface area contributed by atoms with E-state index in [9.17, 15) is 0 Å². The molecule has 0 fully saturated rings. The number of nitrogens with zero attached hydrogens (tertiary/aromatic N) is 2. The molecule has 0 unspecified atom stereocenters. The quantitative estimate of drug-likeness (QED) is 0.182. The minimum Gasteiger partial charge on any atom is -0.347 e. The molecule has 1 radical (unpaired) electrons. The van der Waals surface area contributed by atoms with Gasteiger partial charge in [-0.15, -0.1) is 5.70 Å². The van der Waals surface area contributed by atoms with Crippen molar-refractivity contribution in [2.45, 2.75) is 30.7 Å². The first-order valence-corrected chi connectivity index (χ1v) is 15.4. The maximum Gasteiger partial charge on any atom is 0.215 e. The van der Waals surface area contributed by atoms with E-state index in [1.165, 1.54) is 22.3 Å². The molecular formula is C34H34BN2Si. The number of aromatic nitrogens is 2. The molecule has 0 aliphatic carbocycles. The summed E-state index contributed by atoms with van der Waals surface area (Å²) in [6, 6.07) is 43.2. The van der Waals surface area contributed by atoms with Gasteiger partial charge in [-0.3, -0.25) is 4.98 Å². The lowest BCUT2D eigenvalue weighted by Gasteiger charge is -2.18. The molecule has 4 aromatic carbocycles. The molecule has 0 aliphatic heterocycles. The first-order valence-electron chi connectivity index (χ1n) is 13.6. The Balaban J connectivity index is 1.19. The van der Waals surface area contributed by atoms with Gasteiger partial charge in [-0.1, -0.05) is 127 Å². The average molecular weight is 510 g/mol. The molecular weight excluding hydrogens is 475 g/mol. The molecule has 0 bridgehead atoms. The van der Waals surface area contributed by atoms with Crippen molar-refractivity contribution in [2.75, 3.05) is 0 Å². The van der Waals surface area contributed by atoms with Gasteiger partial charge in [0.1, 0.15) is 0 Å². The molecule has 5 rings (SSSR count). The molecule has 0 atom stereocenters. The summed E-state index contributed by atoms with van der Waals surface area (Å²) in [5.74, 6) is 0.620. The summed E-state index contributed by atoms with van der Waals surface area (Å²) in [5.41, 5.74) is 8.89. The van der Waals surface area contributed by atoms with Gasteiger partial charge in [0.2, 0.25) is 7.28 Å². The Morgan fingerprint density at radius 3 is 1.71 bits per heavy atom. The van der Waals surface area contributed by atoms with Crippen molar-refractivity contribution in [1.82, 2.24) is 9.55 Å². The summed E-state index contributed by atoms with van der Waals surface area (Å²) >= 11 is 0. The number of hydrogen-bond donors (Lipinski definition) is 0. The van der Waals surface area contributed by atoms with E-state index in [1.54, 1.807) is 0 Å². The number of hydrogen-bond acceptors (Lipinski definition) is 1. The molecule has 1 heterocycles. The first-order chi connectivity index (χ1) is 18.9. The second-order valence-electron chi connectivity index (χ2n) is 9.66. The van der Waals surface area contributed by atoms with E-state index < -0.39 is 0 Å². The topological polar surface area (TPSA) is 17.8 Å². The van der Waals surface area contributed by atoms with Crippen LogP contribution in [0, 0.1) is 0 Å². The molecule has 0 spiro atoms. The van der Waals surface area contributed by atoms with Crippen LogP contribution in [-0.4, -0.2) is 26.4 Å². The van der Waals surface area contributed by atoms with Crippen LogP contribution < -0.4 is 5.72 Å². The van der Waals surface area contributed by atoms with Crippen LogP contribution in [-0.2, 0) is 6.17 Å². The highest BCUT2D eigenvalue weighted by atomic mass is 28.2. The standard InChI is InChI=1S/C34H34BN2Si/c1-5-15-28(16-6-1)32(29-17-7-2-8-18-29)23-13-14-26-38-27-37-25-24-36-34(37)35-33(30-19-9-3-10-20-30)31-21-11-4-12-22-31/h1-12,14-22,24-26,32-33H,13,23,27,38H2. The summed E-state index contributed by atoms with van der Waals surface area (Å²) in [6.07, 6.45) is 9.73. The molecule has 5 aromatic rings. The van der Waals surface area contributed by atoms with Crippen LogP contribution in [0.25, 0.3) is 0 Å². The van der Waals surface area contributed by atoms with Crippen LogP contribution in [0.3, 0.4) is 0 Å². The number of benzene rings is 4. The van der Waals surface area contributed by atoms with Crippen molar-refractivity contribution in [3.05, 3.63) is 168 Å². The van der Waals surface area contributed by atoms with Gasteiger partial charge in [0.15, 0.2) is 0 Å². The molecule has 4 heteroatoms. The Morgan fingerprint density at radius 2 is 1.18 bits per heavy atom. The van der Waals surface area contributed by atoms with Crippen molar-refractivity contribution < 1.29 is 0 Å². The molecule has 2 nitrogen and oxygen atoms in total. The van der Waals surface area contributed by atoms with Crippen molar-refractivity contribution in [3.63, 3.8) is 0 Å². The Bertz CT molecular complexity index is 1310. The SMILES string of the molecule is [B](c1nccn1C[SiH2]C=CCCC(c1ccccc1)c1ccccc1)C(c1ccccc1)c1ccccc1. The van der Waals surface area contributed by atoms with E-state index >= 15 is 0 Å². The van der Waals surface area contributed by atoms with E-state index in [0.29, 0.717) is 5.92 Å². The Kier molecular flexibility index (Phi) is 9.21. The number of imidazole rings is 1. The van der Waals surface area contributed by atoms with Gasteiger partial charge in [-0.2, -0.15) is 0 Å². The van der Waals surface area contributed by atoms with Crippen molar-refractivity contribution in [2.24, 2.45) is 0 Å². The smallest absolute Gasteiger partial charge is 0.215 e. The highest BCUT2D eigenvalue weighted by Gasteiger charge is 2.19. The Labute approximate surface area is 230 Å². The fraction of sp³-hybridized carbons (Fsp3) is 0.147. The largest absolute Gasteiger partial charge is 0.347 e. The minimum atomic E-state index is -0.387. The van der Waals surface area contributed by atoms with Crippen molar-refractivity contribution >= 4 is 22.5 Å². The van der Waals surface area contributed by atoms with E-state index in [2.05, 4.69) is 151 Å². The van der Waals surface area contributed by atoms with E-state index in [-0.39, 0.29) is 15.3 Å². The lowest BCUT2D eigenvalue weighted by atomic mass is 9.58. The molecule has 0 amide bonds. The molecule has 187 valence electrons. The van der Waals surface area contributed by atoms with Crippen LogP contribution in [0.1, 0.15) is 46.8 Å². The van der Waals surface area contributed by atoms with Crippen LogP contribution in [0.5, 0.6) is 0 Å². The third-order valence-electron chi connectivity index (χ3n) is 7.11. The maximum absolute atomic E-state index is 4.72. The normalized spacial score (nSPS) is 11.7. The second-order valence-corrected chi connectivity index (χ2v) is 11.2. The zero-order chi connectivity index (χ0) is 25.8. The lowest BCUT2D eigenvalue weighted by molar-refractivity contribution is 0.728. The summed E-state index contributed by atoms with van der Waals surface area (Å²) in [7, 11) is 1.93. The monoisotopic (exact) mass is 509 g/mol. The molecule has 38 heavy (non-hydrogen) atoms. The summed E-state index contributed by atoms with van der Waals surface area (Å²) < 4.78 is 2.33. The van der Waals surface area contributed by atoms with Crippen LogP contribution in [0.15, 0.2) is 145 Å². The molecule has 0 aliphatic rings. The number of allylic oxidation sites excluding steroid dienone is 1. The predicted molar refractivity (Wildman–Crippen MR) is 164 cm³/mol. The van der Waals surface area contributed by atoms with Gasteiger partial charge in [-0.05, 0) is 40.9 Å². The van der Waals surface area contributed by atoms with Crippen molar-refractivity contribution in [3.8, 4) is 0 Å². The zero-order valence-electron chi connectivity index (χ0n) is 21.8. The van der Waals surface area contributed by atoms with Gasteiger partial charge >= 0.3 is 0 Å². The minimum absolute atomic E-state index is 0.184. The highest BCUT2D eigenvalue weighted by Crippen LogP contribution is 2.29. The third kappa shape index (κ3) is 6.90. The molecule has 0 saturated heterocycles. The second kappa shape index (κ2) is 13.6. The summed E-state index contributed by atoms with van der Waals surface area (Å²) in [4.78, 5) is 4.72. The summed E-state index contributed by atoms with van der Waals surface area (Å²) in [6.45, 7) is 0. The Morgan fingerprint density at radius 1 is 0.684 bits per heavy atom. The van der Waals surface area contributed by atoms with Gasteiger partial charge in [0.05, 0.1) is 15.2 Å². The fourth-order valence-electron chi connectivity index (χ4n) is 5.13.